The van der Waals surface area contributed by atoms with E-state index in [1.54, 1.807) is 30.0 Å². The number of nitrogens with two attached hydrogens (primary N) is 1. The van der Waals surface area contributed by atoms with Crippen molar-refractivity contribution in [3.8, 4) is 11.5 Å². The second-order valence-corrected chi connectivity index (χ2v) is 5.16. The first-order valence-electron chi connectivity index (χ1n) is 5.74. The lowest BCUT2D eigenvalue weighted by Crippen LogP contribution is -2.14. The van der Waals surface area contributed by atoms with Crippen molar-refractivity contribution in [2.24, 2.45) is 10.9 Å². The third-order valence-electron chi connectivity index (χ3n) is 2.63. The number of halogens is 1. The van der Waals surface area contributed by atoms with Crippen molar-refractivity contribution < 1.29 is 9.94 Å². The number of amidine groups is 1. The maximum atomic E-state index is 8.82. The van der Waals surface area contributed by atoms with Crippen LogP contribution in [0.3, 0.4) is 0 Å². The molecule has 0 atom stereocenters. The number of thioether (sulfide) groups is 1. The molecule has 2 aromatic carbocycles. The van der Waals surface area contributed by atoms with Crippen molar-refractivity contribution in [1.29, 1.82) is 0 Å². The molecule has 3 N–H and O–H groups in total. The topological polar surface area (TPSA) is 67.8 Å². The molecule has 0 aliphatic heterocycles. The SMILES string of the molecule is CSc1ccc(Oc2cccc(Cl)c2C(N)=NO)cc1. The van der Waals surface area contributed by atoms with Crippen LogP contribution in [0.1, 0.15) is 5.56 Å². The minimum absolute atomic E-state index is 0.0914. The molecule has 0 saturated heterocycles. The number of benzene rings is 2. The highest BCUT2D eigenvalue weighted by Crippen LogP contribution is 2.31. The van der Waals surface area contributed by atoms with Gasteiger partial charge in [-0.15, -0.1) is 11.8 Å². The van der Waals surface area contributed by atoms with E-state index in [0.717, 1.165) is 4.90 Å². The zero-order valence-corrected chi connectivity index (χ0v) is 12.3. The molecule has 0 saturated carbocycles. The Morgan fingerprint density at radius 1 is 1.25 bits per heavy atom. The van der Waals surface area contributed by atoms with Gasteiger partial charge in [-0.05, 0) is 42.7 Å². The van der Waals surface area contributed by atoms with E-state index < -0.39 is 0 Å². The van der Waals surface area contributed by atoms with Crippen molar-refractivity contribution in [2.45, 2.75) is 4.90 Å². The van der Waals surface area contributed by atoms with E-state index in [9.17, 15) is 0 Å². The molecule has 6 heteroatoms. The quantitative estimate of drug-likeness (QED) is 0.295. The van der Waals surface area contributed by atoms with Crippen molar-refractivity contribution in [3.05, 3.63) is 53.1 Å². The summed E-state index contributed by atoms with van der Waals surface area (Å²) >= 11 is 7.71. The zero-order chi connectivity index (χ0) is 14.5. The number of nitrogens with zero attached hydrogens (tertiary/aromatic N) is 1. The van der Waals surface area contributed by atoms with Gasteiger partial charge in [0.15, 0.2) is 5.84 Å². The summed E-state index contributed by atoms with van der Waals surface area (Å²) in [4.78, 5) is 1.14. The molecule has 4 nitrogen and oxygen atoms in total. The summed E-state index contributed by atoms with van der Waals surface area (Å²) in [6, 6.07) is 12.7. The summed E-state index contributed by atoms with van der Waals surface area (Å²) in [7, 11) is 0. The monoisotopic (exact) mass is 308 g/mol. The highest BCUT2D eigenvalue weighted by molar-refractivity contribution is 7.98. The third-order valence-corrected chi connectivity index (χ3v) is 3.69. The molecule has 0 unspecified atom stereocenters. The Balaban J connectivity index is 2.35. The minimum Gasteiger partial charge on any atom is -0.457 e. The molecule has 104 valence electrons. The van der Waals surface area contributed by atoms with Crippen LogP contribution >= 0.6 is 23.4 Å². The first kappa shape index (κ1) is 14.6. The molecule has 0 aliphatic carbocycles. The maximum absolute atomic E-state index is 8.82. The van der Waals surface area contributed by atoms with Gasteiger partial charge in [0.25, 0.3) is 0 Å². The molecule has 0 aliphatic rings. The highest BCUT2D eigenvalue weighted by atomic mass is 35.5. The summed E-state index contributed by atoms with van der Waals surface area (Å²) in [5.74, 6) is 0.994. The van der Waals surface area contributed by atoms with Crippen LogP contribution in [0.5, 0.6) is 11.5 Å². The number of oxime groups is 1. The van der Waals surface area contributed by atoms with E-state index >= 15 is 0 Å². The number of hydrogen-bond donors (Lipinski definition) is 2. The lowest BCUT2D eigenvalue weighted by atomic mass is 10.2. The Morgan fingerprint density at radius 2 is 1.95 bits per heavy atom. The van der Waals surface area contributed by atoms with Crippen LogP contribution < -0.4 is 10.5 Å². The summed E-state index contributed by atoms with van der Waals surface area (Å²) in [5.41, 5.74) is 5.99. The molecule has 2 rings (SSSR count). The number of hydrogen-bond acceptors (Lipinski definition) is 4. The van der Waals surface area contributed by atoms with Gasteiger partial charge >= 0.3 is 0 Å². The fourth-order valence-electron chi connectivity index (χ4n) is 1.66. The molecule has 0 spiro atoms. The van der Waals surface area contributed by atoms with Crippen molar-refractivity contribution in [3.63, 3.8) is 0 Å². The van der Waals surface area contributed by atoms with Gasteiger partial charge < -0.3 is 15.7 Å². The van der Waals surface area contributed by atoms with Gasteiger partial charge in [-0.25, -0.2) is 0 Å². The Kier molecular flexibility index (Phi) is 4.76. The molecule has 0 radical (unpaired) electrons. The maximum Gasteiger partial charge on any atom is 0.175 e. The number of ether oxygens (including phenoxy) is 1. The van der Waals surface area contributed by atoms with Gasteiger partial charge in [-0.1, -0.05) is 22.8 Å². The van der Waals surface area contributed by atoms with Crippen molar-refractivity contribution in [2.75, 3.05) is 6.26 Å². The van der Waals surface area contributed by atoms with Gasteiger partial charge in [0.1, 0.15) is 11.5 Å². The van der Waals surface area contributed by atoms with Crippen LogP contribution in [0.25, 0.3) is 0 Å². The summed E-state index contributed by atoms with van der Waals surface area (Å²) < 4.78 is 5.75. The van der Waals surface area contributed by atoms with Crippen LogP contribution in [0.15, 0.2) is 52.5 Å². The Hall–Kier alpha value is -1.85. The van der Waals surface area contributed by atoms with E-state index in [1.165, 1.54) is 0 Å². The highest BCUT2D eigenvalue weighted by Gasteiger charge is 2.13. The first-order valence-corrected chi connectivity index (χ1v) is 7.34. The molecule has 0 amide bonds. The molecular formula is C14H13ClN2O2S. The van der Waals surface area contributed by atoms with Crippen LogP contribution in [0.2, 0.25) is 5.02 Å². The molecule has 20 heavy (non-hydrogen) atoms. The standard InChI is InChI=1S/C14H13ClN2O2S/c1-20-10-7-5-9(6-8-10)19-12-4-2-3-11(15)13(12)14(16)17-18/h2-8,18H,1H3,(H2,16,17). The predicted molar refractivity (Wildman–Crippen MR) is 82.3 cm³/mol. The Bertz CT molecular complexity index is 630. The molecule has 0 fully saturated rings. The fraction of sp³-hybridized carbons (Fsp3) is 0.0714. The zero-order valence-electron chi connectivity index (χ0n) is 10.7. The van der Waals surface area contributed by atoms with Gasteiger partial charge in [0.2, 0.25) is 0 Å². The van der Waals surface area contributed by atoms with Crippen LogP contribution in [0.4, 0.5) is 0 Å². The van der Waals surface area contributed by atoms with Gasteiger partial charge in [0, 0.05) is 4.90 Å². The van der Waals surface area contributed by atoms with E-state index in [1.807, 2.05) is 30.5 Å². The summed E-state index contributed by atoms with van der Waals surface area (Å²) in [6.07, 6.45) is 2.00. The first-order chi connectivity index (χ1) is 9.65. The van der Waals surface area contributed by atoms with Crippen LogP contribution in [0, 0.1) is 0 Å². The minimum atomic E-state index is -0.0914. The van der Waals surface area contributed by atoms with Gasteiger partial charge in [-0.2, -0.15) is 0 Å². The summed E-state index contributed by atoms with van der Waals surface area (Å²) in [6.45, 7) is 0. The molecule has 0 bridgehead atoms. The Morgan fingerprint density at radius 3 is 2.55 bits per heavy atom. The Labute approximate surface area is 126 Å². The van der Waals surface area contributed by atoms with E-state index in [0.29, 0.717) is 22.1 Å². The molecule has 0 heterocycles. The second-order valence-electron chi connectivity index (χ2n) is 3.88. The van der Waals surface area contributed by atoms with E-state index in [-0.39, 0.29) is 5.84 Å². The fourth-order valence-corrected chi connectivity index (χ4v) is 2.33. The molecule has 2 aromatic rings. The predicted octanol–water partition coefficient (Wildman–Crippen LogP) is 3.95. The largest absolute Gasteiger partial charge is 0.457 e. The molecule has 0 aromatic heterocycles. The number of rotatable bonds is 4. The second kappa shape index (κ2) is 6.54. The average Bonchev–Trinajstić information content (AvgIpc) is 2.47. The lowest BCUT2D eigenvalue weighted by molar-refractivity contribution is 0.318. The molecular weight excluding hydrogens is 296 g/mol. The van der Waals surface area contributed by atoms with E-state index in [4.69, 9.17) is 27.3 Å². The van der Waals surface area contributed by atoms with E-state index in [2.05, 4.69) is 5.16 Å². The van der Waals surface area contributed by atoms with Crippen LogP contribution in [-0.4, -0.2) is 17.3 Å². The third kappa shape index (κ3) is 3.18. The van der Waals surface area contributed by atoms with Crippen molar-refractivity contribution in [1.82, 2.24) is 0 Å². The normalized spacial score (nSPS) is 11.4. The smallest absolute Gasteiger partial charge is 0.175 e. The van der Waals surface area contributed by atoms with Gasteiger partial charge in [-0.3, -0.25) is 0 Å². The average molecular weight is 309 g/mol. The summed E-state index contributed by atoms with van der Waals surface area (Å²) in [5, 5.41) is 12.2. The van der Waals surface area contributed by atoms with Crippen LogP contribution in [-0.2, 0) is 0 Å². The lowest BCUT2D eigenvalue weighted by Gasteiger charge is -2.11. The van der Waals surface area contributed by atoms with Gasteiger partial charge in [0.05, 0.1) is 10.6 Å². The van der Waals surface area contributed by atoms with Crippen molar-refractivity contribution >= 4 is 29.2 Å².